The Morgan fingerprint density at radius 2 is 1.75 bits per heavy atom. The zero-order chi connectivity index (χ0) is 50.7. The maximum atomic E-state index is 14.3. The van der Waals surface area contributed by atoms with E-state index in [4.69, 9.17) is 35.3 Å². The molecule has 2 N–H and O–H groups in total. The van der Waals surface area contributed by atoms with E-state index < -0.39 is 76.8 Å². The molecule has 1 aromatic carbocycles. The van der Waals surface area contributed by atoms with Crippen LogP contribution < -0.4 is 15.0 Å². The number of benzene rings is 1. The van der Waals surface area contributed by atoms with E-state index in [1.54, 1.807) is 45.2 Å². The number of fused-ring (bicyclic) bond motifs is 5. The molecule has 4 bridgehead atoms. The highest BCUT2D eigenvalue weighted by Crippen LogP contribution is 2.49. The summed E-state index contributed by atoms with van der Waals surface area (Å²) in [6.07, 6.45) is 3.59. The molecule has 1 aliphatic carbocycles. The van der Waals surface area contributed by atoms with Crippen LogP contribution in [0, 0.1) is 23.7 Å². The number of carbonyl (C=O) groups excluding carboxylic acids is 7. The maximum Gasteiger partial charge on any atom is 0.409 e. The molecular weight excluding hydrogens is 932 g/mol. The highest BCUT2D eigenvalue weighted by atomic mass is 35.5. The van der Waals surface area contributed by atoms with E-state index in [2.05, 4.69) is 5.32 Å². The zero-order valence-electron chi connectivity index (χ0n) is 41.4. The number of carbonyl (C=O) groups is 7. The van der Waals surface area contributed by atoms with Gasteiger partial charge in [0.1, 0.15) is 46.5 Å². The Labute approximate surface area is 414 Å². The highest BCUT2D eigenvalue weighted by molar-refractivity contribution is 8.00. The predicted molar refractivity (Wildman–Crippen MR) is 258 cm³/mol. The number of hydrogen-bond donors (Lipinski definition) is 2. The first-order chi connectivity index (χ1) is 32.5. The number of likely N-dealkylation sites (N-methyl/N-ethyl adjacent to an activating group) is 1. The van der Waals surface area contributed by atoms with Crippen LogP contribution >= 0.6 is 23.4 Å². The second-order valence-corrected chi connectivity index (χ2v) is 21.5. The summed E-state index contributed by atoms with van der Waals surface area (Å²) in [5.41, 5.74) is -1.13. The van der Waals surface area contributed by atoms with Crippen LogP contribution in [-0.4, -0.2) is 144 Å². The van der Waals surface area contributed by atoms with Crippen molar-refractivity contribution < 1.29 is 62.4 Å². The first kappa shape index (κ1) is 53.9. The van der Waals surface area contributed by atoms with E-state index >= 15 is 0 Å². The number of halogens is 1. The van der Waals surface area contributed by atoms with Crippen LogP contribution in [0.25, 0.3) is 0 Å². The van der Waals surface area contributed by atoms with Crippen molar-refractivity contribution in [3.05, 3.63) is 46.5 Å². The molecule has 19 heteroatoms. The van der Waals surface area contributed by atoms with Crippen molar-refractivity contribution in [3.63, 3.8) is 0 Å². The van der Waals surface area contributed by atoms with E-state index in [1.807, 2.05) is 26.8 Å². The Bertz CT molecular complexity index is 2210. The average molecular weight is 1000 g/mol. The topological polar surface area (TPSA) is 211 Å². The first-order valence-electron chi connectivity index (χ1n) is 23.9. The minimum atomic E-state index is -1.87. The van der Waals surface area contributed by atoms with Gasteiger partial charge in [-0.3, -0.25) is 34.2 Å². The molecule has 6 rings (SSSR count). The largest absolute Gasteiger partial charge is 0.495 e. The Balaban J connectivity index is 1.14. The fraction of sp³-hybridized carbons (Fsp3) is 0.660. The number of alkyl carbamates (subject to hydrolysis) is 1. The maximum absolute atomic E-state index is 14.3. The van der Waals surface area contributed by atoms with Gasteiger partial charge in [0, 0.05) is 70.5 Å². The smallest absolute Gasteiger partial charge is 0.409 e. The van der Waals surface area contributed by atoms with E-state index in [-0.39, 0.29) is 71.8 Å². The van der Waals surface area contributed by atoms with E-state index in [0.29, 0.717) is 24.4 Å². The molecule has 4 aliphatic heterocycles. The van der Waals surface area contributed by atoms with Crippen molar-refractivity contribution in [2.24, 2.45) is 23.7 Å². The number of nitrogens with zero attached hydrogens (tertiary/aromatic N) is 3. The lowest BCUT2D eigenvalue weighted by Crippen LogP contribution is -2.63. The monoisotopic (exact) mass is 1000 g/mol. The van der Waals surface area contributed by atoms with Gasteiger partial charge in [0.05, 0.1) is 30.6 Å². The fourth-order valence-corrected chi connectivity index (χ4v) is 11.4. The second-order valence-electron chi connectivity index (χ2n) is 19.8. The van der Waals surface area contributed by atoms with Gasteiger partial charge in [-0.1, -0.05) is 56.2 Å². The van der Waals surface area contributed by atoms with E-state index in [1.165, 1.54) is 54.7 Å². The van der Waals surface area contributed by atoms with E-state index in [0.717, 1.165) is 36.8 Å². The van der Waals surface area contributed by atoms with Crippen molar-refractivity contribution in [1.82, 2.24) is 15.1 Å². The van der Waals surface area contributed by atoms with Gasteiger partial charge in [-0.15, -0.1) is 11.8 Å². The minimum Gasteiger partial charge on any atom is -0.495 e. The van der Waals surface area contributed by atoms with Gasteiger partial charge in [0.2, 0.25) is 23.6 Å². The number of methoxy groups -OCH3 is 2. The number of aliphatic hydroxyl groups is 1. The molecule has 1 saturated carbocycles. The van der Waals surface area contributed by atoms with Gasteiger partial charge in [-0.25, -0.2) is 9.59 Å². The SMILES string of the molecule is COc1cc2cc(c1Cl)N(C)C(=O)C[C@H](OC(=O)[C@H](C)N(C)C(=O)CCS[C@H]1CC(=O)N(C[C@H]3CC[C@H](C(=O)C(C)C)CC3)C1=O)[C@]1(C)O[C@H]1[C@H](C)[C@@H]1C[C@@](O)(NC(=O)O1)[C@H](OC)/C=C/C=C(\C)C2. The number of epoxide rings is 1. The molecule has 3 saturated heterocycles. The Morgan fingerprint density at radius 3 is 2.41 bits per heavy atom. The summed E-state index contributed by atoms with van der Waals surface area (Å²) in [4.78, 5) is 97.8. The standard InChI is InChI=1S/C50H69ClN4O13S/c1-27(2)44(59)33-16-14-31(15-17-33)26-55-42(58)23-37(46(55)60)69-19-18-40(56)53(7)30(5)47(61)67-39-24-41(57)54(8)34-21-32(22-35(64-9)43(34)51)20-28(3)12-11-13-38(65-10)50(63)25-36(66-48(62)52-50)29(4)45-49(39,6)68-45/h11-13,21-22,27,29-31,33,36-39,45,63H,14-20,23-26H2,1-10H3,(H,52,62)/b13-11+,28-12+/t29-,30+,31-,33-,36+,37+,38-,39+,45+,49+,50+/m1/s1. The summed E-state index contributed by atoms with van der Waals surface area (Å²) in [5, 5.41) is 13.9. The predicted octanol–water partition coefficient (Wildman–Crippen LogP) is 5.80. The average Bonchev–Trinajstić information content (AvgIpc) is 3.94. The number of likely N-dealkylation sites (tertiary alicyclic amines) is 1. The molecular formula is C50H69ClN4O13S. The third-order valence-electron chi connectivity index (χ3n) is 14.6. The molecule has 9 atom stereocenters. The summed E-state index contributed by atoms with van der Waals surface area (Å²) >= 11 is 8.05. The minimum absolute atomic E-state index is 0.0160. The van der Waals surface area contributed by atoms with Crippen molar-refractivity contribution in [2.45, 2.75) is 146 Å². The number of ether oxygens (including phenoxy) is 5. The number of thioether (sulfide) groups is 1. The van der Waals surface area contributed by atoms with Crippen molar-refractivity contribution >= 4 is 70.5 Å². The lowest BCUT2D eigenvalue weighted by atomic mass is 9.77. The van der Waals surface area contributed by atoms with Crippen molar-refractivity contribution in [1.29, 1.82) is 0 Å². The molecule has 0 aromatic heterocycles. The highest BCUT2D eigenvalue weighted by Gasteiger charge is 2.64. The number of hydrogen-bond acceptors (Lipinski definition) is 14. The number of rotatable bonds is 13. The quantitative estimate of drug-likeness (QED) is 0.136. The van der Waals surface area contributed by atoms with Gasteiger partial charge >= 0.3 is 12.1 Å². The molecule has 1 aromatic rings. The van der Waals surface area contributed by atoms with Gasteiger partial charge in [-0.05, 0) is 76.5 Å². The van der Waals surface area contributed by atoms with Crippen LogP contribution in [0.3, 0.4) is 0 Å². The molecule has 5 amide bonds. The van der Waals surface area contributed by atoms with Gasteiger partial charge in [0.25, 0.3) is 0 Å². The molecule has 380 valence electrons. The third kappa shape index (κ3) is 12.2. The summed E-state index contributed by atoms with van der Waals surface area (Å²) < 4.78 is 29.4. The second kappa shape index (κ2) is 22.3. The first-order valence-corrected chi connectivity index (χ1v) is 25.3. The molecule has 17 nitrogen and oxygen atoms in total. The molecule has 0 radical (unpaired) electrons. The number of anilines is 1. The molecule has 69 heavy (non-hydrogen) atoms. The number of ketones is 1. The van der Waals surface area contributed by atoms with Gasteiger partial charge < -0.3 is 38.6 Å². The lowest BCUT2D eigenvalue weighted by molar-refractivity contribution is -0.162. The summed E-state index contributed by atoms with van der Waals surface area (Å²) in [6, 6.07) is 2.43. The Morgan fingerprint density at radius 1 is 1.06 bits per heavy atom. The Kier molecular flexibility index (Phi) is 17.4. The molecule has 4 fully saturated rings. The van der Waals surface area contributed by atoms with Crippen molar-refractivity contribution in [3.8, 4) is 5.75 Å². The number of nitrogens with one attached hydrogen (secondary N) is 1. The zero-order valence-corrected chi connectivity index (χ0v) is 43.0. The van der Waals surface area contributed by atoms with Crippen LogP contribution in [0.2, 0.25) is 5.02 Å². The molecule has 0 unspecified atom stereocenters. The molecule has 0 spiro atoms. The number of esters is 1. The molecule has 4 heterocycles. The summed E-state index contributed by atoms with van der Waals surface area (Å²) in [6.45, 7) is 11.0. The van der Waals surface area contributed by atoms with Crippen LogP contribution in [-0.2, 0) is 54.1 Å². The number of amides is 5. The number of Topliss-reactive ketones (excluding diaryl/α,β-unsaturated/α-hetero) is 1. The van der Waals surface area contributed by atoms with Crippen LogP contribution in [0.4, 0.5) is 10.5 Å². The summed E-state index contributed by atoms with van der Waals surface area (Å²) in [7, 11) is 5.91. The third-order valence-corrected chi connectivity index (χ3v) is 16.2. The van der Waals surface area contributed by atoms with Crippen LogP contribution in [0.1, 0.15) is 98.5 Å². The van der Waals surface area contributed by atoms with Crippen molar-refractivity contribution in [2.75, 3.05) is 45.5 Å². The number of allylic oxidation sites excluding steroid dienone is 3. The van der Waals surface area contributed by atoms with Crippen LogP contribution in [0.5, 0.6) is 5.75 Å². The fourth-order valence-electron chi connectivity index (χ4n) is 10.0. The van der Waals surface area contributed by atoms with Gasteiger partial charge in [0.15, 0.2) is 5.72 Å². The lowest BCUT2D eigenvalue weighted by Gasteiger charge is -2.42. The Hall–Kier alpha value is -4.49. The summed E-state index contributed by atoms with van der Waals surface area (Å²) in [5.74, 6) is -1.78. The van der Waals surface area contributed by atoms with Crippen LogP contribution in [0.15, 0.2) is 35.9 Å². The normalized spacial score (nSPS) is 32.6. The van der Waals surface area contributed by atoms with Gasteiger partial charge in [-0.2, -0.15) is 0 Å². The van der Waals surface area contributed by atoms with E-state index in [9.17, 15) is 38.7 Å². The molecule has 5 aliphatic rings. The number of imide groups is 1.